The highest BCUT2D eigenvalue weighted by Gasteiger charge is 2.27. The first-order valence-corrected chi connectivity index (χ1v) is 7.43. The minimum atomic E-state index is -0.545. The molecule has 0 radical (unpaired) electrons. The zero-order valence-corrected chi connectivity index (χ0v) is 12.6. The fourth-order valence-corrected chi connectivity index (χ4v) is 3.08. The Morgan fingerprint density at radius 2 is 2.18 bits per heavy atom. The van der Waals surface area contributed by atoms with E-state index in [-0.39, 0.29) is 5.78 Å². The standard InChI is InChI=1S/C17H19N3O2/c1-19-9-11-4-2-5-12(8-11)20-10-13(17(18)22)16-14(20)6-3-7-15(16)21/h2,4-5,8,10,19H,3,6-7,9H2,1H3,(H2,18,22). The number of hydrogen-bond donors (Lipinski definition) is 2. The Balaban J connectivity index is 2.15. The summed E-state index contributed by atoms with van der Waals surface area (Å²) in [7, 11) is 1.90. The number of aromatic nitrogens is 1. The van der Waals surface area contributed by atoms with Crippen LogP contribution in [-0.2, 0) is 13.0 Å². The van der Waals surface area contributed by atoms with Crippen LogP contribution in [0, 0.1) is 0 Å². The predicted octanol–water partition coefficient (Wildman–Crippen LogP) is 1.81. The number of carbonyl (C=O) groups excluding carboxylic acids is 2. The zero-order chi connectivity index (χ0) is 15.7. The van der Waals surface area contributed by atoms with Crippen LogP contribution in [0.5, 0.6) is 0 Å². The van der Waals surface area contributed by atoms with Gasteiger partial charge in [0.25, 0.3) is 5.91 Å². The van der Waals surface area contributed by atoms with E-state index in [0.29, 0.717) is 17.5 Å². The zero-order valence-electron chi connectivity index (χ0n) is 12.6. The van der Waals surface area contributed by atoms with E-state index in [4.69, 9.17) is 5.73 Å². The van der Waals surface area contributed by atoms with Crippen molar-refractivity contribution in [1.29, 1.82) is 0 Å². The van der Waals surface area contributed by atoms with Gasteiger partial charge in [-0.1, -0.05) is 12.1 Å². The van der Waals surface area contributed by atoms with Crippen LogP contribution >= 0.6 is 0 Å². The Labute approximate surface area is 129 Å². The summed E-state index contributed by atoms with van der Waals surface area (Å²) in [5, 5.41) is 3.12. The van der Waals surface area contributed by atoms with Crippen molar-refractivity contribution in [3.05, 3.63) is 52.8 Å². The fraction of sp³-hybridized carbons (Fsp3) is 0.294. The molecule has 22 heavy (non-hydrogen) atoms. The van der Waals surface area contributed by atoms with Gasteiger partial charge in [-0.15, -0.1) is 0 Å². The van der Waals surface area contributed by atoms with E-state index >= 15 is 0 Å². The van der Waals surface area contributed by atoms with Crippen LogP contribution in [0.1, 0.15) is 44.8 Å². The van der Waals surface area contributed by atoms with Crippen LogP contribution in [0.15, 0.2) is 30.5 Å². The molecule has 1 aromatic carbocycles. The van der Waals surface area contributed by atoms with Crippen molar-refractivity contribution in [2.45, 2.75) is 25.8 Å². The Morgan fingerprint density at radius 3 is 2.91 bits per heavy atom. The average molecular weight is 297 g/mol. The molecule has 0 aliphatic heterocycles. The fourth-order valence-electron chi connectivity index (χ4n) is 3.08. The number of rotatable bonds is 4. The molecule has 0 atom stereocenters. The minimum Gasteiger partial charge on any atom is -0.366 e. The molecule has 5 nitrogen and oxygen atoms in total. The van der Waals surface area contributed by atoms with Gasteiger partial charge in [0.2, 0.25) is 0 Å². The maximum atomic E-state index is 12.2. The van der Waals surface area contributed by atoms with Crippen LogP contribution in [0.25, 0.3) is 5.69 Å². The van der Waals surface area contributed by atoms with E-state index in [1.165, 1.54) is 0 Å². The van der Waals surface area contributed by atoms with Crippen molar-refractivity contribution < 1.29 is 9.59 Å². The summed E-state index contributed by atoms with van der Waals surface area (Å²) >= 11 is 0. The monoisotopic (exact) mass is 297 g/mol. The third-order valence-electron chi connectivity index (χ3n) is 4.04. The Morgan fingerprint density at radius 1 is 1.36 bits per heavy atom. The first-order valence-electron chi connectivity index (χ1n) is 7.43. The smallest absolute Gasteiger partial charge is 0.251 e. The van der Waals surface area contributed by atoms with Gasteiger partial charge in [-0.25, -0.2) is 0 Å². The number of primary amides is 1. The molecule has 3 N–H and O–H groups in total. The molecule has 0 saturated heterocycles. The maximum absolute atomic E-state index is 12.2. The highest BCUT2D eigenvalue weighted by Crippen LogP contribution is 2.29. The third-order valence-corrected chi connectivity index (χ3v) is 4.04. The predicted molar refractivity (Wildman–Crippen MR) is 84.3 cm³/mol. The summed E-state index contributed by atoms with van der Waals surface area (Å²) in [5.41, 5.74) is 9.29. The molecule has 0 bridgehead atoms. The van der Waals surface area contributed by atoms with Crippen molar-refractivity contribution in [3.8, 4) is 5.69 Å². The number of nitrogens with two attached hydrogens (primary N) is 1. The topological polar surface area (TPSA) is 77.1 Å². The van der Waals surface area contributed by atoms with Crippen molar-refractivity contribution in [2.24, 2.45) is 5.73 Å². The lowest BCUT2D eigenvalue weighted by atomic mass is 9.93. The largest absolute Gasteiger partial charge is 0.366 e. The lowest BCUT2D eigenvalue weighted by Crippen LogP contribution is -2.18. The average Bonchev–Trinajstić information content (AvgIpc) is 2.89. The van der Waals surface area contributed by atoms with Gasteiger partial charge in [0.15, 0.2) is 5.78 Å². The maximum Gasteiger partial charge on any atom is 0.251 e. The molecule has 0 unspecified atom stereocenters. The summed E-state index contributed by atoms with van der Waals surface area (Å²) < 4.78 is 1.94. The number of hydrogen-bond acceptors (Lipinski definition) is 3. The molecule has 0 fully saturated rings. The molecule has 5 heteroatoms. The van der Waals surface area contributed by atoms with Gasteiger partial charge in [-0.3, -0.25) is 9.59 Å². The molecule has 1 aromatic heterocycles. The van der Waals surface area contributed by atoms with Gasteiger partial charge in [0.05, 0.1) is 11.1 Å². The van der Waals surface area contributed by atoms with Gasteiger partial charge in [0, 0.05) is 30.5 Å². The summed E-state index contributed by atoms with van der Waals surface area (Å²) in [6.45, 7) is 0.763. The summed E-state index contributed by atoms with van der Waals surface area (Å²) in [6, 6.07) is 8.04. The summed E-state index contributed by atoms with van der Waals surface area (Å²) in [5.74, 6) is -0.531. The molecule has 2 aromatic rings. The molecule has 1 aliphatic rings. The third kappa shape index (κ3) is 2.44. The Bertz CT molecular complexity index is 746. The quantitative estimate of drug-likeness (QED) is 0.903. The van der Waals surface area contributed by atoms with Crippen molar-refractivity contribution in [3.63, 3.8) is 0 Å². The van der Waals surface area contributed by atoms with Gasteiger partial charge in [-0.05, 0) is 37.6 Å². The molecule has 1 amide bonds. The van der Waals surface area contributed by atoms with Gasteiger partial charge < -0.3 is 15.6 Å². The van der Waals surface area contributed by atoms with Crippen LogP contribution in [0.4, 0.5) is 0 Å². The lowest BCUT2D eigenvalue weighted by Gasteiger charge is -2.15. The number of Topliss-reactive ketones (excluding diaryl/α,β-unsaturated/α-hetero) is 1. The molecular formula is C17H19N3O2. The number of carbonyl (C=O) groups is 2. The van der Waals surface area contributed by atoms with Crippen molar-refractivity contribution in [1.82, 2.24) is 9.88 Å². The van der Waals surface area contributed by atoms with Gasteiger partial charge >= 0.3 is 0 Å². The number of amides is 1. The minimum absolute atomic E-state index is 0.0141. The highest BCUT2D eigenvalue weighted by molar-refractivity contribution is 6.09. The number of nitrogens with one attached hydrogen (secondary N) is 1. The molecule has 0 spiro atoms. The number of benzene rings is 1. The second-order valence-electron chi connectivity index (χ2n) is 5.58. The van der Waals surface area contributed by atoms with E-state index < -0.39 is 5.91 Å². The van der Waals surface area contributed by atoms with Crippen molar-refractivity contribution in [2.75, 3.05) is 7.05 Å². The second kappa shape index (κ2) is 5.77. The first-order chi connectivity index (χ1) is 10.6. The van der Waals surface area contributed by atoms with Crippen LogP contribution in [-0.4, -0.2) is 23.3 Å². The molecule has 1 aliphatic carbocycles. The SMILES string of the molecule is CNCc1cccc(-n2cc(C(N)=O)c3c2CCCC3=O)c1. The molecular weight excluding hydrogens is 278 g/mol. The number of fused-ring (bicyclic) bond motifs is 1. The van der Waals surface area contributed by atoms with Gasteiger partial charge in [-0.2, -0.15) is 0 Å². The molecule has 3 rings (SSSR count). The van der Waals surface area contributed by atoms with E-state index in [9.17, 15) is 9.59 Å². The molecule has 114 valence electrons. The van der Waals surface area contributed by atoms with Crippen LogP contribution in [0.3, 0.4) is 0 Å². The lowest BCUT2D eigenvalue weighted by molar-refractivity contribution is 0.0950. The normalized spacial score (nSPS) is 14.0. The van der Waals surface area contributed by atoms with E-state index in [1.807, 2.05) is 29.8 Å². The number of nitrogens with zero attached hydrogens (tertiary/aromatic N) is 1. The molecule has 0 saturated carbocycles. The van der Waals surface area contributed by atoms with E-state index in [0.717, 1.165) is 36.3 Å². The molecule has 1 heterocycles. The second-order valence-corrected chi connectivity index (χ2v) is 5.58. The van der Waals surface area contributed by atoms with E-state index in [1.54, 1.807) is 6.20 Å². The number of ketones is 1. The summed E-state index contributed by atoms with van der Waals surface area (Å²) in [4.78, 5) is 23.9. The van der Waals surface area contributed by atoms with E-state index in [2.05, 4.69) is 11.4 Å². The first kappa shape index (κ1) is 14.5. The van der Waals surface area contributed by atoms with Crippen LogP contribution < -0.4 is 11.1 Å². The Kier molecular flexibility index (Phi) is 3.81. The van der Waals surface area contributed by atoms with Crippen LogP contribution in [0.2, 0.25) is 0 Å². The summed E-state index contributed by atoms with van der Waals surface area (Å²) in [6.07, 6.45) is 3.78. The van der Waals surface area contributed by atoms with Gasteiger partial charge in [0.1, 0.15) is 0 Å². The van der Waals surface area contributed by atoms with Crippen molar-refractivity contribution >= 4 is 11.7 Å². The Hall–Kier alpha value is -2.40. The highest BCUT2D eigenvalue weighted by atomic mass is 16.1.